The Morgan fingerprint density at radius 2 is 1.29 bits per heavy atom. The maximum Gasteiger partial charge on any atom is 0.355 e. The lowest BCUT2D eigenvalue weighted by molar-refractivity contribution is -0.130. The van der Waals surface area contributed by atoms with E-state index in [1.54, 1.807) is 19.3 Å². The Morgan fingerprint density at radius 3 is 1.76 bits per heavy atom. The molecule has 1 heterocycles. The van der Waals surface area contributed by atoms with Crippen molar-refractivity contribution in [3.05, 3.63) is 97.0 Å². The Bertz CT molecular complexity index is 3370. The van der Waals surface area contributed by atoms with Gasteiger partial charge in [-0.25, -0.2) is 15.0 Å². The number of hydrazone groups is 1. The van der Waals surface area contributed by atoms with Gasteiger partial charge >= 0.3 is 11.9 Å². The van der Waals surface area contributed by atoms with Crippen molar-refractivity contribution < 1.29 is 101 Å². The third-order valence-corrected chi connectivity index (χ3v) is 11.8. The number of aliphatic hydroxyl groups is 2. The van der Waals surface area contributed by atoms with Gasteiger partial charge in [0, 0.05) is 23.9 Å². The van der Waals surface area contributed by atoms with E-state index in [4.69, 9.17) is 14.4 Å². The molecule has 75 heavy (non-hydrogen) atoms. The molecule has 1 atom stereocenters. The second-order valence-electron chi connectivity index (χ2n) is 13.4. The molecule has 4 aromatic carbocycles. The smallest absolute Gasteiger partial charge is 0.355 e. The number of rotatable bonds is 18. The molecule has 30 nitrogen and oxygen atoms in total. The number of phenols is 1. The first kappa shape index (κ1) is 65.4. The number of carboxylic acid groups (broad SMARTS) is 2. The van der Waals surface area contributed by atoms with Crippen LogP contribution in [0.4, 0.5) is 28.4 Å². The summed E-state index contributed by atoms with van der Waals surface area (Å²) in [6.07, 6.45) is 3.28. The van der Waals surface area contributed by atoms with Crippen LogP contribution >= 0.6 is 0 Å². The average Bonchev–Trinajstić information content (AvgIpc) is 3.71. The molecule has 0 bridgehead atoms. The van der Waals surface area contributed by atoms with Crippen LogP contribution in [0.15, 0.2) is 142 Å². The number of carbonyl (C=O) groups is 3. The lowest BCUT2D eigenvalue weighted by Gasteiger charge is -2.13. The molecule has 4 aromatic rings. The van der Waals surface area contributed by atoms with Crippen LogP contribution in [0, 0.1) is 0 Å². The summed E-state index contributed by atoms with van der Waals surface area (Å²) in [5.41, 5.74) is -2.01. The predicted octanol–water partition coefficient (Wildman–Crippen LogP) is 5.63. The van der Waals surface area contributed by atoms with Gasteiger partial charge < -0.3 is 35.0 Å². The molecule has 1 aliphatic rings. The fourth-order valence-corrected chi connectivity index (χ4v) is 6.91. The number of azo groups is 3. The molecule has 10 N–H and O–H groups in total. The number of aliphatic hydroxyl groups excluding tert-OH is 2. The summed E-state index contributed by atoms with van der Waals surface area (Å²) in [6, 6.07) is 6.37. The maximum atomic E-state index is 12.6. The summed E-state index contributed by atoms with van der Waals surface area (Å²) >= 11 is 0. The number of amides is 1. The number of ether oxygens (including phenoxy) is 2. The van der Waals surface area contributed by atoms with Gasteiger partial charge in [0.05, 0.1) is 40.9 Å². The van der Waals surface area contributed by atoms with E-state index in [1.165, 1.54) is 13.0 Å². The van der Waals surface area contributed by atoms with E-state index < -0.39 is 125 Å². The predicted molar refractivity (Wildman–Crippen MR) is 264 cm³/mol. The van der Waals surface area contributed by atoms with Crippen LogP contribution in [0.25, 0.3) is 10.8 Å². The first-order valence-corrected chi connectivity index (χ1v) is 26.0. The number of carboxylic acids is 2. The van der Waals surface area contributed by atoms with Crippen molar-refractivity contribution in [2.75, 3.05) is 33.5 Å². The molecule has 0 radical (unpaired) electrons. The van der Waals surface area contributed by atoms with Crippen LogP contribution in [-0.2, 0) is 54.8 Å². The highest BCUT2D eigenvalue weighted by molar-refractivity contribution is 7.89. The SMILES string of the molecule is C=C(C)S(=O)(=O)O.C=CC=C.CC.COCCO.O=C(O)C1=NNC(=O)C1N=Nc1ccc2c(O)c(N=Nc3ccc(N=Nc4ccc(S(=O)(=O)O)cc4C(=O)O)cc3OCCO)c(S(=O)(=O)O)cc2c1S(=O)(=O)O. The van der Waals surface area contributed by atoms with E-state index in [2.05, 4.69) is 60.3 Å². The quantitative estimate of drug-likeness (QED) is 0.0328. The second-order valence-corrected chi connectivity index (χ2v) is 19.2. The minimum atomic E-state index is -5.42. The first-order valence-electron chi connectivity index (χ1n) is 20.2. The molecule has 0 fully saturated rings. The Balaban J connectivity index is 0.00000135. The summed E-state index contributed by atoms with van der Waals surface area (Å²) in [6.45, 7) is 14.6. The van der Waals surface area contributed by atoms with Gasteiger partial charge in [-0.15, -0.1) is 15.3 Å². The minimum Gasteiger partial charge on any atom is -0.505 e. The lowest BCUT2D eigenvalue weighted by atomic mass is 10.1. The number of fused-ring (bicyclic) bond motifs is 1. The van der Waals surface area contributed by atoms with Crippen LogP contribution in [0.3, 0.4) is 0 Å². The number of methoxy groups -OCH3 is 1. The minimum absolute atomic E-state index is 0.0602. The van der Waals surface area contributed by atoms with E-state index in [-0.39, 0.29) is 40.9 Å². The highest BCUT2D eigenvalue weighted by Crippen LogP contribution is 2.46. The van der Waals surface area contributed by atoms with E-state index >= 15 is 0 Å². The summed E-state index contributed by atoms with van der Waals surface area (Å²) in [5, 5.41) is 71.4. The second kappa shape index (κ2) is 29.3. The molecular formula is C41H48N8O22S4. The van der Waals surface area contributed by atoms with Crippen LogP contribution < -0.4 is 10.2 Å². The topological polar surface area (TPSA) is 487 Å². The Kier molecular flexibility index (Phi) is 25.5. The van der Waals surface area contributed by atoms with Crippen LogP contribution in [0.5, 0.6) is 11.5 Å². The fourth-order valence-electron chi connectivity index (χ4n) is 4.94. The van der Waals surface area contributed by atoms with Crippen molar-refractivity contribution in [3.63, 3.8) is 0 Å². The van der Waals surface area contributed by atoms with E-state index in [9.17, 15) is 82.1 Å². The normalized spacial score (nSPS) is 13.4. The number of aliphatic carboxylic acids is 1. The molecule has 0 aliphatic carbocycles. The number of aromatic hydroxyl groups is 1. The summed E-state index contributed by atoms with van der Waals surface area (Å²) in [7, 11) is -18.0. The number of hydrogen-bond acceptors (Lipinski definition) is 23. The number of phenolic OH excluding ortho intramolecular Hbond substituents is 1. The molecule has 34 heteroatoms. The molecule has 0 spiro atoms. The van der Waals surface area contributed by atoms with Crippen molar-refractivity contribution in [1.29, 1.82) is 0 Å². The van der Waals surface area contributed by atoms with Crippen molar-refractivity contribution >= 4 is 103 Å². The zero-order chi connectivity index (χ0) is 57.6. The standard InChI is InChI=1S/C29H22N8O17S3.C4H6.C3H6O3S.C3H8O2.C2H6/c38-7-8-54-20-9-12(30-31-17-5-2-13(55(45,46)47)10-16(17)28(41)42)1-4-18(20)32-34-22-21(56(48,49)50)11-15-14(25(22)39)3-6-19(26(15)57(51,52)53)33-35-23-24(29(43)44)36-37-27(23)40;1-3-4-2;1-3(2)7(4,5)6;1-5-3-2-4;1-2/h1-6,9-11,23,38-39H,7-8H2,(H,37,40)(H,41,42)(H,43,44)(H,45,46,47)(H,48,49,50)(H,51,52,53);3-4H,1-2H2;1H2,2H3,(H,4,5,6);4H,2-3H2,1H3;1-2H3. The van der Waals surface area contributed by atoms with Gasteiger partial charge in [0.15, 0.2) is 11.5 Å². The number of nitrogens with one attached hydrogen (secondary N) is 1. The van der Waals surface area contributed by atoms with Crippen LogP contribution in [-0.4, -0.2) is 141 Å². The molecule has 5 rings (SSSR count). The molecular weight excluding hydrogens is 1080 g/mol. The van der Waals surface area contributed by atoms with Gasteiger partial charge in [0.2, 0.25) is 6.04 Å². The summed E-state index contributed by atoms with van der Waals surface area (Å²) in [4.78, 5) is 31.7. The number of carbonyl (C=O) groups excluding carboxylic acids is 1. The third kappa shape index (κ3) is 19.6. The third-order valence-electron chi connectivity index (χ3n) is 8.22. The lowest BCUT2D eigenvalue weighted by Crippen LogP contribution is -2.30. The zero-order valence-electron chi connectivity index (χ0n) is 39.5. The average molecular weight is 1130 g/mol. The van der Waals surface area contributed by atoms with Gasteiger partial charge in [-0.2, -0.15) is 54.1 Å². The number of nitrogens with zero attached hydrogens (tertiary/aromatic N) is 7. The Morgan fingerprint density at radius 1 is 0.733 bits per heavy atom. The number of benzene rings is 4. The molecule has 0 saturated carbocycles. The monoisotopic (exact) mass is 1130 g/mol. The van der Waals surface area contributed by atoms with Crippen LogP contribution in [0.2, 0.25) is 0 Å². The van der Waals surface area contributed by atoms with Gasteiger partial charge in [-0.3, -0.25) is 23.0 Å². The number of aromatic carboxylic acids is 1. The number of allylic oxidation sites excluding steroid dienone is 3. The van der Waals surface area contributed by atoms with Crippen molar-refractivity contribution in [2.24, 2.45) is 35.8 Å². The largest absolute Gasteiger partial charge is 0.505 e. The molecule has 0 aromatic heterocycles. The van der Waals surface area contributed by atoms with Crippen molar-refractivity contribution in [2.45, 2.75) is 41.5 Å². The van der Waals surface area contributed by atoms with Crippen LogP contribution in [0.1, 0.15) is 31.1 Å². The first-order chi connectivity index (χ1) is 34.9. The molecule has 1 aliphatic heterocycles. The van der Waals surface area contributed by atoms with Crippen molar-refractivity contribution in [3.8, 4) is 11.5 Å². The highest BCUT2D eigenvalue weighted by atomic mass is 32.2. The Hall–Kier alpha value is -7.64. The molecule has 408 valence electrons. The molecule has 1 unspecified atom stereocenters. The number of hydrogen-bond donors (Lipinski definition) is 10. The highest BCUT2D eigenvalue weighted by Gasteiger charge is 2.35. The van der Waals surface area contributed by atoms with E-state index in [0.717, 1.165) is 36.4 Å². The van der Waals surface area contributed by atoms with Crippen molar-refractivity contribution in [1.82, 2.24) is 5.43 Å². The van der Waals surface area contributed by atoms with Gasteiger partial charge in [0.25, 0.3) is 46.4 Å². The van der Waals surface area contributed by atoms with Gasteiger partial charge in [0.1, 0.15) is 44.9 Å². The van der Waals surface area contributed by atoms with E-state index in [0.29, 0.717) is 18.7 Å². The van der Waals surface area contributed by atoms with Gasteiger partial charge in [-0.1, -0.05) is 45.7 Å². The molecule has 1 amide bonds. The summed E-state index contributed by atoms with van der Waals surface area (Å²) in [5.74, 6) is -5.70. The van der Waals surface area contributed by atoms with E-state index in [1.807, 2.05) is 19.3 Å². The zero-order valence-corrected chi connectivity index (χ0v) is 42.7. The Labute approximate surface area is 427 Å². The van der Waals surface area contributed by atoms with Gasteiger partial charge in [-0.05, 0) is 55.5 Å². The fraction of sp³-hybridized carbons (Fsp3) is 0.220. The summed E-state index contributed by atoms with van der Waals surface area (Å²) < 4.78 is 140. The molecule has 0 saturated heterocycles. The maximum absolute atomic E-state index is 12.6.